The lowest BCUT2D eigenvalue weighted by Crippen LogP contribution is -2.24. The number of carboxylic acids is 1. The molecule has 0 bridgehead atoms. The number of hydrogen-bond acceptors (Lipinski definition) is 5. The van der Waals surface area contributed by atoms with Crippen LogP contribution in [0.15, 0.2) is 33.9 Å². The highest BCUT2D eigenvalue weighted by Crippen LogP contribution is 2.23. The number of aromatic carboxylic acids is 1. The minimum atomic E-state index is -3.80. The first-order valence-electron chi connectivity index (χ1n) is 5.66. The Hall–Kier alpha value is -1.78. The van der Waals surface area contributed by atoms with E-state index in [0.717, 1.165) is 0 Å². The van der Waals surface area contributed by atoms with Crippen LogP contribution in [-0.4, -0.2) is 34.3 Å². The van der Waals surface area contributed by atoms with E-state index in [1.807, 2.05) is 0 Å². The molecule has 0 radical (unpaired) electrons. The van der Waals surface area contributed by atoms with Gasteiger partial charge in [-0.1, -0.05) is 0 Å². The van der Waals surface area contributed by atoms with Crippen LogP contribution in [-0.2, 0) is 23.6 Å². The third kappa shape index (κ3) is 3.65. The van der Waals surface area contributed by atoms with Crippen LogP contribution in [0.5, 0.6) is 0 Å². The van der Waals surface area contributed by atoms with E-state index in [-0.39, 0.29) is 21.5 Å². The van der Waals surface area contributed by atoms with Crippen molar-refractivity contribution < 1.29 is 18.3 Å². The number of benzene rings is 1. The van der Waals surface area contributed by atoms with E-state index in [1.165, 1.54) is 29.2 Å². The molecule has 0 atom stereocenters. The molecule has 8 nitrogen and oxygen atoms in total. The van der Waals surface area contributed by atoms with Crippen LogP contribution in [0.25, 0.3) is 0 Å². The molecule has 0 aliphatic heterocycles. The van der Waals surface area contributed by atoms with Crippen LogP contribution < -0.4 is 4.72 Å². The van der Waals surface area contributed by atoms with Crippen molar-refractivity contribution in [3.05, 3.63) is 40.4 Å². The summed E-state index contributed by atoms with van der Waals surface area (Å²) in [5, 5.41) is 12.8. The van der Waals surface area contributed by atoms with E-state index in [1.54, 1.807) is 7.05 Å². The van der Waals surface area contributed by atoms with E-state index in [4.69, 9.17) is 5.11 Å². The normalized spacial score (nSPS) is 11.5. The van der Waals surface area contributed by atoms with Crippen LogP contribution in [0.2, 0.25) is 0 Å². The van der Waals surface area contributed by atoms with E-state index >= 15 is 0 Å². The lowest BCUT2D eigenvalue weighted by atomic mass is 10.2. The Morgan fingerprint density at radius 1 is 1.48 bits per heavy atom. The van der Waals surface area contributed by atoms with Crippen LogP contribution >= 0.6 is 15.9 Å². The molecule has 2 N–H and O–H groups in total. The topological polar surface area (TPSA) is 114 Å². The first kappa shape index (κ1) is 15.6. The number of nitrogens with one attached hydrogen (secondary N) is 1. The predicted molar refractivity (Wildman–Crippen MR) is 76.1 cm³/mol. The first-order chi connectivity index (χ1) is 9.79. The molecule has 21 heavy (non-hydrogen) atoms. The van der Waals surface area contributed by atoms with Crippen molar-refractivity contribution in [3.8, 4) is 0 Å². The first-order valence-corrected chi connectivity index (χ1v) is 7.94. The predicted octanol–water partition coefficient (Wildman–Crippen LogP) is 0.754. The van der Waals surface area contributed by atoms with E-state index in [0.29, 0.717) is 5.82 Å². The van der Waals surface area contributed by atoms with Gasteiger partial charge in [-0.3, -0.25) is 4.68 Å². The molecule has 10 heteroatoms. The SMILES string of the molecule is Cn1cnc(CNS(=O)(=O)c2ccc(C(=O)O)cc2Br)n1. The maximum Gasteiger partial charge on any atom is 0.335 e. The molecular weight excluding hydrogens is 364 g/mol. The van der Waals surface area contributed by atoms with Gasteiger partial charge in [0.15, 0.2) is 5.82 Å². The number of nitrogens with zero attached hydrogens (tertiary/aromatic N) is 3. The lowest BCUT2D eigenvalue weighted by molar-refractivity contribution is 0.0696. The van der Waals surface area contributed by atoms with Gasteiger partial charge in [0.1, 0.15) is 6.33 Å². The van der Waals surface area contributed by atoms with Gasteiger partial charge in [0.05, 0.1) is 17.0 Å². The van der Waals surface area contributed by atoms with Crippen LogP contribution in [0.1, 0.15) is 16.2 Å². The standard InChI is InChI=1S/C11H11BrN4O4S/c1-16-6-13-10(15-16)5-14-21(19,20)9-3-2-7(11(17)18)4-8(9)12/h2-4,6,14H,5H2,1H3,(H,17,18). The number of carboxylic acid groups (broad SMARTS) is 1. The van der Waals surface area contributed by atoms with Gasteiger partial charge in [-0.15, -0.1) is 0 Å². The summed E-state index contributed by atoms with van der Waals surface area (Å²) in [5.74, 6) is -0.801. The molecule has 0 amide bonds. The number of aryl methyl sites for hydroxylation is 1. The van der Waals surface area contributed by atoms with Crippen molar-refractivity contribution in [2.24, 2.45) is 7.05 Å². The minimum Gasteiger partial charge on any atom is -0.478 e. The number of carbonyl (C=O) groups is 1. The van der Waals surface area contributed by atoms with Crippen molar-refractivity contribution >= 4 is 31.9 Å². The molecule has 112 valence electrons. The van der Waals surface area contributed by atoms with Crippen molar-refractivity contribution in [2.45, 2.75) is 11.4 Å². The van der Waals surface area contributed by atoms with Crippen molar-refractivity contribution in [2.75, 3.05) is 0 Å². The zero-order valence-electron chi connectivity index (χ0n) is 10.8. The monoisotopic (exact) mass is 374 g/mol. The maximum absolute atomic E-state index is 12.2. The Bertz CT molecular complexity index is 787. The molecule has 0 aliphatic carbocycles. The number of halogens is 1. The third-order valence-corrected chi connectivity index (χ3v) is 4.91. The molecule has 0 saturated heterocycles. The van der Waals surface area contributed by atoms with Crippen LogP contribution in [0.3, 0.4) is 0 Å². The number of aromatic nitrogens is 3. The maximum atomic E-state index is 12.2. The van der Waals surface area contributed by atoms with E-state index in [9.17, 15) is 13.2 Å². The summed E-state index contributed by atoms with van der Waals surface area (Å²) in [6.45, 7) is -0.0592. The summed E-state index contributed by atoms with van der Waals surface area (Å²) in [4.78, 5) is 14.7. The zero-order chi connectivity index (χ0) is 15.6. The van der Waals surface area contributed by atoms with Gasteiger partial charge < -0.3 is 5.11 Å². The Morgan fingerprint density at radius 3 is 2.71 bits per heavy atom. The minimum absolute atomic E-state index is 0.00721. The van der Waals surface area contributed by atoms with Gasteiger partial charge in [-0.2, -0.15) is 5.10 Å². The van der Waals surface area contributed by atoms with Gasteiger partial charge in [-0.05, 0) is 34.1 Å². The highest BCUT2D eigenvalue weighted by molar-refractivity contribution is 9.10. The van der Waals surface area contributed by atoms with Gasteiger partial charge in [0.2, 0.25) is 10.0 Å². The molecule has 1 aromatic heterocycles. The fourth-order valence-corrected chi connectivity index (χ4v) is 3.61. The van der Waals surface area contributed by atoms with Gasteiger partial charge in [0.25, 0.3) is 0 Å². The average molecular weight is 375 g/mol. The van der Waals surface area contributed by atoms with E-state index in [2.05, 4.69) is 30.7 Å². The third-order valence-electron chi connectivity index (χ3n) is 2.54. The van der Waals surface area contributed by atoms with Crippen LogP contribution in [0.4, 0.5) is 0 Å². The van der Waals surface area contributed by atoms with Gasteiger partial charge in [-0.25, -0.2) is 22.9 Å². The number of hydrogen-bond donors (Lipinski definition) is 2. The molecule has 2 aromatic rings. The summed E-state index contributed by atoms with van der Waals surface area (Å²) in [6.07, 6.45) is 1.46. The Labute approximate surface area is 129 Å². The van der Waals surface area contributed by atoms with Crippen molar-refractivity contribution in [1.29, 1.82) is 0 Å². The average Bonchev–Trinajstić information content (AvgIpc) is 2.82. The molecule has 0 fully saturated rings. The molecule has 0 unspecified atom stereocenters. The second kappa shape index (κ2) is 5.92. The quantitative estimate of drug-likeness (QED) is 0.797. The second-order valence-electron chi connectivity index (χ2n) is 4.11. The summed E-state index contributed by atoms with van der Waals surface area (Å²) >= 11 is 3.06. The summed E-state index contributed by atoms with van der Waals surface area (Å²) in [5.41, 5.74) is -0.00721. The smallest absolute Gasteiger partial charge is 0.335 e. The van der Waals surface area contributed by atoms with Gasteiger partial charge >= 0.3 is 5.97 Å². The molecule has 1 aromatic carbocycles. The summed E-state index contributed by atoms with van der Waals surface area (Å²) in [7, 11) is -2.13. The molecule has 2 rings (SSSR count). The Kier molecular flexibility index (Phi) is 4.40. The largest absolute Gasteiger partial charge is 0.478 e. The zero-order valence-corrected chi connectivity index (χ0v) is 13.2. The number of rotatable bonds is 5. The highest BCUT2D eigenvalue weighted by atomic mass is 79.9. The fourth-order valence-electron chi connectivity index (χ4n) is 1.55. The summed E-state index contributed by atoms with van der Waals surface area (Å²) in [6, 6.07) is 3.68. The Balaban J connectivity index is 2.21. The summed E-state index contributed by atoms with van der Waals surface area (Å²) < 4.78 is 28.3. The molecule has 0 aliphatic rings. The molecule has 1 heterocycles. The molecular formula is C11H11BrN4O4S. The molecule has 0 saturated carbocycles. The van der Waals surface area contributed by atoms with Crippen LogP contribution in [0, 0.1) is 0 Å². The van der Waals surface area contributed by atoms with E-state index < -0.39 is 16.0 Å². The van der Waals surface area contributed by atoms with Crippen molar-refractivity contribution in [3.63, 3.8) is 0 Å². The van der Waals surface area contributed by atoms with Crippen molar-refractivity contribution in [1.82, 2.24) is 19.5 Å². The lowest BCUT2D eigenvalue weighted by Gasteiger charge is -2.07. The Morgan fingerprint density at radius 2 is 2.19 bits per heavy atom. The molecule has 0 spiro atoms. The highest BCUT2D eigenvalue weighted by Gasteiger charge is 2.19. The number of sulfonamides is 1. The second-order valence-corrected chi connectivity index (χ2v) is 6.70. The van der Waals surface area contributed by atoms with Gasteiger partial charge in [0, 0.05) is 11.5 Å². The fraction of sp³-hybridized carbons (Fsp3) is 0.182.